The van der Waals surface area contributed by atoms with Crippen LogP contribution in [0, 0.1) is 10.8 Å². The minimum Gasteiger partial charge on any atom is -0.394 e. The Balaban J connectivity index is 1.06. The zero-order valence-corrected chi connectivity index (χ0v) is 69.7. The number of rotatable bonds is 48. The quantitative estimate of drug-likeness (QED) is 0.0269. The van der Waals surface area contributed by atoms with E-state index in [9.17, 15) is 143 Å². The highest BCUT2D eigenvalue weighted by Gasteiger charge is 2.58. The van der Waals surface area contributed by atoms with E-state index < -0.39 is 336 Å². The second-order valence-electron chi connectivity index (χ2n) is 34.2. The first-order valence-corrected chi connectivity index (χ1v) is 43.2. The summed E-state index contributed by atoms with van der Waals surface area (Å²) in [6.45, 7) is -5.04. The van der Waals surface area contributed by atoms with Crippen molar-refractivity contribution in [2.45, 2.75) is 375 Å². The Hall–Kier alpha value is -2.54. The number of ether oxygens (including phenoxy) is 16. The van der Waals surface area contributed by atoms with E-state index in [0.29, 0.717) is 36.8 Å². The lowest BCUT2D eigenvalue weighted by atomic mass is 9.76. The second kappa shape index (κ2) is 50.0. The van der Waals surface area contributed by atoms with Crippen molar-refractivity contribution in [1.29, 1.82) is 0 Å². The first-order valence-electron chi connectivity index (χ1n) is 43.2. The summed E-state index contributed by atoms with van der Waals surface area (Å²) >= 11 is 0. The predicted molar refractivity (Wildman–Crippen MR) is 413 cm³/mol. The molecule has 8 saturated heterocycles. The molecule has 8 aliphatic rings. The first kappa shape index (κ1) is 105. The Morgan fingerprint density at radius 1 is 0.226 bits per heavy atom. The third-order valence-corrected chi connectivity index (χ3v) is 24.9. The Morgan fingerprint density at radius 3 is 0.613 bits per heavy atom. The fourth-order valence-electron chi connectivity index (χ4n) is 17.1. The van der Waals surface area contributed by atoms with Gasteiger partial charge in [-0.15, -0.1) is 0 Å². The van der Waals surface area contributed by atoms with Gasteiger partial charge in [-0.2, -0.15) is 0 Å². The SMILES string of the molecule is CCCCCCCCCC(CO[C@@H]1OC(CO)[C@@H](O[C@H]2OC(CO)[C@@H](O)[C@H](O)C2O)[C@H](O)C1O)(CO[C@@H]1OC(CO)[C@@H](O[C@@H]2OC(CO)[C@@H](O)[C@H](O)C2O)[C@H](O)C1O)Cc1ccc(CC(CCCCCCCCC)(CO[C@@H]2OC(CO)[C@@H](O[C@H]3OC(CO)[C@@H](O)[C@H](O)C3O)[C@H](O)C2O)CO[C@@H]2OC(CO)[C@@H](O[C@@H]3OC(CO)[C@@H](O)[C@H](O)C3O)[C@H](O)C2O)cc1. The van der Waals surface area contributed by atoms with Gasteiger partial charge >= 0.3 is 0 Å². The molecule has 0 amide bonds. The van der Waals surface area contributed by atoms with Gasteiger partial charge in [-0.3, -0.25) is 0 Å². The van der Waals surface area contributed by atoms with Crippen molar-refractivity contribution in [3.8, 4) is 0 Å². The van der Waals surface area contributed by atoms with Crippen molar-refractivity contribution in [2.24, 2.45) is 10.8 Å². The maximum Gasteiger partial charge on any atom is 0.187 e. The highest BCUT2D eigenvalue weighted by atomic mass is 16.8. The number of unbranched alkanes of at least 4 members (excludes halogenated alkanes) is 12. The molecule has 0 aliphatic carbocycles. The number of aliphatic hydroxyl groups is 28. The third-order valence-electron chi connectivity index (χ3n) is 24.9. The minimum absolute atomic E-state index is 0.0630. The molecule has 124 heavy (non-hydrogen) atoms. The van der Waals surface area contributed by atoms with E-state index in [1.807, 2.05) is 0 Å². The average molecular weight is 1800 g/mol. The number of aliphatic hydroxyl groups excluding tert-OH is 28. The summed E-state index contributed by atoms with van der Waals surface area (Å²) in [4.78, 5) is 0. The van der Waals surface area contributed by atoms with Gasteiger partial charge in [0.1, 0.15) is 195 Å². The van der Waals surface area contributed by atoms with Gasteiger partial charge in [-0.25, -0.2) is 0 Å². The summed E-state index contributed by atoms with van der Waals surface area (Å²) in [5.41, 5.74) is -1.76. The van der Waals surface area contributed by atoms with Crippen molar-refractivity contribution >= 4 is 0 Å². The zero-order valence-electron chi connectivity index (χ0n) is 69.7. The summed E-state index contributed by atoms with van der Waals surface area (Å²) in [6.07, 6.45) is -62.2. The standard InChI is InChI=1S/C80H138O44/c1-3-5-7-9-11-13-15-21-79(33-109-71-63(105)55(97)67(43(29-85)117-71)121-75-59(101)51(93)47(89)39(25-81)113-75,34-110-72-64(106)56(98)68(44(30-86)118-72)122-76-60(102)52(94)48(90)40(26-82)114-76)23-37-17-19-38(20-18-37)24-80(22-16-14-12-10-8-6-4-2,35-111-73-65(107)57(99)69(45(31-87)119-73)123-77-61(103)53(95)49(91)41(27-83)115-77)36-112-74-66(108)58(100)70(46(32-88)120-74)124-78-62(104)54(96)50(92)42(28-84)116-78/h17-20,39-78,81-108H,3-16,21-36H2,1-2H3/t39?,40?,41?,42?,43?,44?,45?,46?,47-,48-,49-,50-,51+,52+,53+,54+,55-,56-,57-,58-,59?,60?,61?,62?,63?,64?,65?,66?,67-,68-,69-,70-,71-,72-,73-,74-,75-,76+,77-,78+,79?,80?/m1/s1. The van der Waals surface area contributed by atoms with Crippen LogP contribution in [0.5, 0.6) is 0 Å². The molecular formula is C80H138O44. The molecule has 28 N–H and O–H groups in total. The van der Waals surface area contributed by atoms with E-state index in [2.05, 4.69) is 13.8 Å². The van der Waals surface area contributed by atoms with E-state index in [0.717, 1.165) is 64.2 Å². The highest BCUT2D eigenvalue weighted by Crippen LogP contribution is 2.42. The Bertz CT molecular complexity index is 2760. The van der Waals surface area contributed by atoms with Crippen LogP contribution in [0.3, 0.4) is 0 Å². The fourth-order valence-corrected chi connectivity index (χ4v) is 17.1. The second-order valence-corrected chi connectivity index (χ2v) is 34.2. The van der Waals surface area contributed by atoms with E-state index in [1.54, 1.807) is 24.3 Å². The van der Waals surface area contributed by atoms with Crippen LogP contribution in [-0.4, -0.2) is 468 Å². The molecule has 0 aromatic heterocycles. The van der Waals surface area contributed by atoms with Gasteiger partial charge in [0.25, 0.3) is 0 Å². The Labute approximate surface area is 716 Å². The third kappa shape index (κ3) is 26.1. The molecule has 18 unspecified atom stereocenters. The van der Waals surface area contributed by atoms with Gasteiger partial charge in [0.2, 0.25) is 0 Å². The monoisotopic (exact) mass is 1800 g/mol. The minimum atomic E-state index is -2.05. The predicted octanol–water partition coefficient (Wildman–Crippen LogP) is -10.4. The summed E-state index contributed by atoms with van der Waals surface area (Å²) in [5.74, 6) is 0. The molecule has 8 heterocycles. The number of benzene rings is 1. The van der Waals surface area contributed by atoms with E-state index >= 15 is 0 Å². The lowest BCUT2D eigenvalue weighted by Gasteiger charge is -2.47. The normalized spacial score (nSPS) is 42.9. The molecule has 1 aromatic rings. The lowest BCUT2D eigenvalue weighted by molar-refractivity contribution is -0.365. The topological polar surface area (TPSA) is 714 Å². The molecule has 0 saturated carbocycles. The number of hydrogen-bond donors (Lipinski definition) is 28. The molecule has 1 aromatic carbocycles. The Kier molecular flexibility index (Phi) is 42.4. The highest BCUT2D eigenvalue weighted by molar-refractivity contribution is 5.25. The van der Waals surface area contributed by atoms with Gasteiger partial charge in [0.15, 0.2) is 50.3 Å². The van der Waals surface area contributed by atoms with Crippen molar-refractivity contribution in [3.63, 3.8) is 0 Å². The molecule has 44 nitrogen and oxygen atoms in total. The molecule has 0 radical (unpaired) electrons. The van der Waals surface area contributed by atoms with Crippen molar-refractivity contribution < 1.29 is 219 Å². The largest absolute Gasteiger partial charge is 0.394 e. The van der Waals surface area contributed by atoms with Crippen LogP contribution in [0.2, 0.25) is 0 Å². The maximum absolute atomic E-state index is 12.0. The molecule has 0 spiro atoms. The van der Waals surface area contributed by atoms with Gasteiger partial charge in [-0.05, 0) is 36.8 Å². The fraction of sp³-hybridized carbons (Fsp3) is 0.925. The summed E-state index contributed by atoms with van der Waals surface area (Å²) in [5, 5.41) is 306. The average Bonchev–Trinajstić information content (AvgIpc) is 0.789. The van der Waals surface area contributed by atoms with Crippen LogP contribution in [0.1, 0.15) is 128 Å². The van der Waals surface area contributed by atoms with Crippen molar-refractivity contribution in [1.82, 2.24) is 0 Å². The van der Waals surface area contributed by atoms with Crippen LogP contribution in [-0.2, 0) is 88.6 Å². The van der Waals surface area contributed by atoms with Crippen LogP contribution in [0.15, 0.2) is 24.3 Å². The Morgan fingerprint density at radius 2 is 0.411 bits per heavy atom. The maximum atomic E-state index is 12.0. The van der Waals surface area contributed by atoms with Gasteiger partial charge in [0, 0.05) is 10.8 Å². The van der Waals surface area contributed by atoms with Crippen LogP contribution in [0.25, 0.3) is 0 Å². The van der Waals surface area contributed by atoms with Crippen LogP contribution in [0.4, 0.5) is 0 Å². The first-order chi connectivity index (χ1) is 59.3. The smallest absolute Gasteiger partial charge is 0.187 e. The molecular weight excluding hydrogens is 1660 g/mol. The summed E-state index contributed by atoms with van der Waals surface area (Å²) < 4.78 is 96.0. The van der Waals surface area contributed by atoms with Gasteiger partial charge in [-0.1, -0.05) is 128 Å². The molecule has 8 fully saturated rings. The molecule has 0 bridgehead atoms. The van der Waals surface area contributed by atoms with Gasteiger partial charge < -0.3 is 219 Å². The van der Waals surface area contributed by atoms with E-state index in [1.165, 1.54) is 0 Å². The van der Waals surface area contributed by atoms with Crippen LogP contribution < -0.4 is 0 Å². The molecule has 44 heteroatoms. The lowest BCUT2D eigenvalue weighted by Crippen LogP contribution is -2.65. The summed E-state index contributed by atoms with van der Waals surface area (Å²) in [7, 11) is 0. The molecule has 722 valence electrons. The van der Waals surface area contributed by atoms with E-state index in [4.69, 9.17) is 75.8 Å². The molecule has 8 aliphatic heterocycles. The summed E-state index contributed by atoms with van der Waals surface area (Å²) in [6, 6.07) is 6.90. The zero-order chi connectivity index (χ0) is 90.6. The molecule has 42 atom stereocenters. The van der Waals surface area contributed by atoms with Crippen LogP contribution >= 0.6 is 0 Å². The number of hydrogen-bond acceptors (Lipinski definition) is 44. The van der Waals surface area contributed by atoms with Gasteiger partial charge in [0.05, 0.1) is 79.3 Å². The van der Waals surface area contributed by atoms with E-state index in [-0.39, 0.29) is 25.7 Å². The van der Waals surface area contributed by atoms with Crippen molar-refractivity contribution in [3.05, 3.63) is 35.4 Å². The van der Waals surface area contributed by atoms with Crippen molar-refractivity contribution in [2.75, 3.05) is 79.3 Å². The molecule has 9 rings (SSSR count).